The van der Waals surface area contributed by atoms with Gasteiger partial charge in [-0.1, -0.05) is 13.8 Å². The summed E-state index contributed by atoms with van der Waals surface area (Å²) >= 11 is 1.66. The Morgan fingerprint density at radius 1 is 1.62 bits per heavy atom. The van der Waals surface area contributed by atoms with Crippen molar-refractivity contribution in [2.75, 3.05) is 7.11 Å². The normalized spacial score (nSPS) is 13.7. The van der Waals surface area contributed by atoms with Crippen LogP contribution in [0.4, 0.5) is 0 Å². The van der Waals surface area contributed by atoms with Gasteiger partial charge in [0.15, 0.2) is 6.10 Å². The molecule has 0 aliphatic rings. The zero-order chi connectivity index (χ0) is 12.2. The van der Waals surface area contributed by atoms with Crippen LogP contribution >= 0.6 is 11.3 Å². The zero-order valence-corrected chi connectivity index (χ0v) is 10.7. The second-order valence-electron chi connectivity index (χ2n) is 4.57. The Morgan fingerprint density at radius 2 is 2.31 bits per heavy atom. The summed E-state index contributed by atoms with van der Waals surface area (Å²) in [4.78, 5) is 11.0. The standard InChI is InChI=1S/C12H18O3S/c1-12(2,10(15-3)11(13)14)6-4-9-5-7-16-8-9/h5,7-8,10H,4,6H2,1-3H3,(H,13,14). The molecule has 1 atom stereocenters. The summed E-state index contributed by atoms with van der Waals surface area (Å²) in [7, 11) is 1.45. The molecule has 1 heterocycles. The summed E-state index contributed by atoms with van der Waals surface area (Å²) in [6.07, 6.45) is 0.948. The molecule has 0 saturated carbocycles. The number of carboxylic acids is 1. The predicted octanol–water partition coefficient (Wildman–Crippen LogP) is 2.81. The van der Waals surface area contributed by atoms with Crippen LogP contribution in [0.5, 0.6) is 0 Å². The van der Waals surface area contributed by atoms with Gasteiger partial charge in [-0.25, -0.2) is 4.79 Å². The van der Waals surface area contributed by atoms with E-state index in [2.05, 4.69) is 11.4 Å². The van der Waals surface area contributed by atoms with Crippen molar-refractivity contribution in [2.24, 2.45) is 5.41 Å². The van der Waals surface area contributed by atoms with Gasteiger partial charge in [0.2, 0.25) is 0 Å². The van der Waals surface area contributed by atoms with Crippen molar-refractivity contribution in [1.29, 1.82) is 0 Å². The number of ether oxygens (including phenoxy) is 1. The van der Waals surface area contributed by atoms with Crippen LogP contribution in [0, 0.1) is 5.41 Å². The topological polar surface area (TPSA) is 46.5 Å². The maximum Gasteiger partial charge on any atom is 0.333 e. The van der Waals surface area contributed by atoms with E-state index in [1.165, 1.54) is 12.7 Å². The van der Waals surface area contributed by atoms with Crippen molar-refractivity contribution in [2.45, 2.75) is 32.8 Å². The highest BCUT2D eigenvalue weighted by molar-refractivity contribution is 7.07. The summed E-state index contributed by atoms with van der Waals surface area (Å²) < 4.78 is 5.05. The van der Waals surface area contributed by atoms with Gasteiger partial charge >= 0.3 is 5.97 Å². The molecular formula is C12H18O3S. The lowest BCUT2D eigenvalue weighted by molar-refractivity contribution is -0.156. The summed E-state index contributed by atoms with van der Waals surface area (Å²) in [5.74, 6) is -0.891. The predicted molar refractivity (Wildman–Crippen MR) is 64.9 cm³/mol. The minimum atomic E-state index is -0.891. The van der Waals surface area contributed by atoms with Crippen molar-refractivity contribution in [1.82, 2.24) is 0 Å². The summed E-state index contributed by atoms with van der Waals surface area (Å²) in [5, 5.41) is 13.2. The lowest BCUT2D eigenvalue weighted by Crippen LogP contribution is -2.38. The van der Waals surface area contributed by atoms with E-state index >= 15 is 0 Å². The van der Waals surface area contributed by atoms with E-state index in [1.54, 1.807) is 11.3 Å². The van der Waals surface area contributed by atoms with Crippen molar-refractivity contribution in [3.8, 4) is 0 Å². The molecule has 0 aliphatic heterocycles. The highest BCUT2D eigenvalue weighted by Crippen LogP contribution is 2.29. The number of thiophene rings is 1. The van der Waals surface area contributed by atoms with Crippen LogP contribution in [0.25, 0.3) is 0 Å². The van der Waals surface area contributed by atoms with Gasteiger partial charge < -0.3 is 9.84 Å². The second-order valence-corrected chi connectivity index (χ2v) is 5.35. The fourth-order valence-electron chi connectivity index (χ4n) is 1.79. The average Bonchev–Trinajstić information content (AvgIpc) is 2.67. The van der Waals surface area contributed by atoms with Crippen LogP contribution in [0.15, 0.2) is 16.8 Å². The van der Waals surface area contributed by atoms with Gasteiger partial charge in [-0.3, -0.25) is 0 Å². The lowest BCUT2D eigenvalue weighted by Gasteiger charge is -2.30. The number of carbonyl (C=O) groups is 1. The molecule has 1 unspecified atom stereocenters. The Hall–Kier alpha value is -0.870. The third-order valence-electron chi connectivity index (χ3n) is 2.81. The first-order chi connectivity index (χ1) is 7.47. The number of aryl methyl sites for hydroxylation is 1. The molecule has 0 bridgehead atoms. The number of methoxy groups -OCH3 is 1. The Kier molecular flexibility index (Phi) is 4.50. The first-order valence-corrected chi connectivity index (χ1v) is 6.18. The van der Waals surface area contributed by atoms with Gasteiger partial charge in [-0.15, -0.1) is 0 Å². The van der Waals surface area contributed by atoms with E-state index in [-0.39, 0.29) is 5.41 Å². The Morgan fingerprint density at radius 3 is 2.75 bits per heavy atom. The Bertz CT molecular complexity index is 330. The highest BCUT2D eigenvalue weighted by Gasteiger charge is 2.34. The second kappa shape index (κ2) is 5.46. The molecule has 1 N–H and O–H groups in total. The van der Waals surface area contributed by atoms with E-state index in [1.807, 2.05) is 19.2 Å². The third-order valence-corrected chi connectivity index (χ3v) is 3.54. The van der Waals surface area contributed by atoms with Crippen LogP contribution in [0.1, 0.15) is 25.8 Å². The quantitative estimate of drug-likeness (QED) is 0.834. The molecule has 0 aliphatic carbocycles. The van der Waals surface area contributed by atoms with Crippen LogP contribution in [0.3, 0.4) is 0 Å². The molecule has 3 nitrogen and oxygen atoms in total. The fourth-order valence-corrected chi connectivity index (χ4v) is 2.49. The molecule has 4 heteroatoms. The Balaban J connectivity index is 2.59. The van der Waals surface area contributed by atoms with Crippen LogP contribution in [0.2, 0.25) is 0 Å². The molecule has 0 saturated heterocycles. The summed E-state index contributed by atoms with van der Waals surface area (Å²) in [5.41, 5.74) is 0.904. The maximum absolute atomic E-state index is 11.0. The van der Waals surface area contributed by atoms with E-state index < -0.39 is 12.1 Å². The van der Waals surface area contributed by atoms with Crippen molar-refractivity contribution >= 4 is 17.3 Å². The zero-order valence-electron chi connectivity index (χ0n) is 9.90. The molecule has 0 amide bonds. The molecule has 1 aromatic heterocycles. The molecule has 90 valence electrons. The molecule has 1 rings (SSSR count). The lowest BCUT2D eigenvalue weighted by atomic mass is 9.81. The number of carboxylic acid groups (broad SMARTS) is 1. The average molecular weight is 242 g/mol. The summed E-state index contributed by atoms with van der Waals surface area (Å²) in [6.45, 7) is 3.86. The van der Waals surface area contributed by atoms with E-state index in [4.69, 9.17) is 9.84 Å². The molecule has 0 aromatic carbocycles. The van der Waals surface area contributed by atoms with Gasteiger partial charge in [-0.2, -0.15) is 11.3 Å². The number of hydrogen-bond acceptors (Lipinski definition) is 3. The van der Waals surface area contributed by atoms with E-state index in [0.717, 1.165) is 12.8 Å². The maximum atomic E-state index is 11.0. The molecule has 1 aromatic rings. The first-order valence-electron chi connectivity index (χ1n) is 5.24. The minimum Gasteiger partial charge on any atom is -0.479 e. The van der Waals surface area contributed by atoms with Crippen LogP contribution in [-0.4, -0.2) is 24.3 Å². The van der Waals surface area contributed by atoms with Gasteiger partial charge in [-0.05, 0) is 35.2 Å². The SMILES string of the molecule is COC(C(=O)O)C(C)(C)CCc1ccsc1. The van der Waals surface area contributed by atoms with Crippen molar-refractivity contribution in [3.05, 3.63) is 22.4 Å². The number of aliphatic carboxylic acids is 1. The largest absolute Gasteiger partial charge is 0.479 e. The van der Waals surface area contributed by atoms with Gasteiger partial charge in [0.05, 0.1) is 0 Å². The van der Waals surface area contributed by atoms with Crippen LogP contribution in [-0.2, 0) is 16.0 Å². The fraction of sp³-hybridized carbons (Fsp3) is 0.583. The number of hydrogen-bond donors (Lipinski definition) is 1. The smallest absolute Gasteiger partial charge is 0.333 e. The molecular weight excluding hydrogens is 224 g/mol. The minimum absolute atomic E-state index is 0.359. The highest BCUT2D eigenvalue weighted by atomic mass is 32.1. The van der Waals surface area contributed by atoms with E-state index in [9.17, 15) is 4.79 Å². The Labute approximate surface area is 100 Å². The first kappa shape index (κ1) is 13.2. The van der Waals surface area contributed by atoms with Gasteiger partial charge in [0.25, 0.3) is 0 Å². The van der Waals surface area contributed by atoms with Crippen LogP contribution < -0.4 is 0 Å². The molecule has 0 spiro atoms. The third kappa shape index (κ3) is 3.32. The summed E-state index contributed by atoms with van der Waals surface area (Å²) in [6, 6.07) is 2.07. The van der Waals surface area contributed by atoms with Crippen molar-refractivity contribution < 1.29 is 14.6 Å². The van der Waals surface area contributed by atoms with Gasteiger partial charge in [0.1, 0.15) is 0 Å². The molecule has 0 fully saturated rings. The van der Waals surface area contributed by atoms with Crippen molar-refractivity contribution in [3.63, 3.8) is 0 Å². The monoisotopic (exact) mass is 242 g/mol. The van der Waals surface area contributed by atoms with Gasteiger partial charge in [0, 0.05) is 12.5 Å². The molecule has 0 radical (unpaired) electrons. The van der Waals surface area contributed by atoms with E-state index in [0.29, 0.717) is 0 Å². The molecule has 16 heavy (non-hydrogen) atoms. The number of rotatable bonds is 6.